The Labute approximate surface area is 192 Å². The summed E-state index contributed by atoms with van der Waals surface area (Å²) in [5, 5.41) is 15.8. The summed E-state index contributed by atoms with van der Waals surface area (Å²) in [5.41, 5.74) is 4.26. The normalized spacial score (nSPS) is 16.0. The summed E-state index contributed by atoms with van der Waals surface area (Å²) in [4.78, 5) is 15.2. The molecule has 0 bridgehead atoms. The van der Waals surface area contributed by atoms with Gasteiger partial charge in [-0.05, 0) is 37.5 Å². The minimum atomic E-state index is -0.0119. The van der Waals surface area contributed by atoms with Crippen LogP contribution in [0.4, 0.5) is 5.95 Å². The van der Waals surface area contributed by atoms with Gasteiger partial charge >= 0.3 is 0 Å². The molecule has 0 spiro atoms. The second kappa shape index (κ2) is 9.16. The fourth-order valence-corrected chi connectivity index (χ4v) is 4.89. The van der Waals surface area contributed by atoms with E-state index in [9.17, 15) is 4.79 Å². The molecule has 0 radical (unpaired) electrons. The van der Waals surface area contributed by atoms with Gasteiger partial charge < -0.3 is 4.90 Å². The Morgan fingerprint density at radius 2 is 1.72 bits per heavy atom. The Hall–Kier alpha value is -3.13. The SMILES string of the molecule is Cc1ccc(-n2c(SCC(=O)N3CCC(c4ccccc4)=N3)nnc2N2CCCC2)cc1. The van der Waals surface area contributed by atoms with Gasteiger partial charge in [0.25, 0.3) is 5.91 Å². The van der Waals surface area contributed by atoms with Gasteiger partial charge in [-0.25, -0.2) is 5.01 Å². The molecule has 1 fully saturated rings. The highest BCUT2D eigenvalue weighted by Gasteiger charge is 2.25. The van der Waals surface area contributed by atoms with Crippen molar-refractivity contribution in [2.45, 2.75) is 31.3 Å². The van der Waals surface area contributed by atoms with Crippen molar-refractivity contribution in [1.29, 1.82) is 0 Å². The number of aromatic nitrogens is 3. The number of nitrogens with zero attached hydrogens (tertiary/aromatic N) is 6. The van der Waals surface area contributed by atoms with Crippen molar-refractivity contribution >= 4 is 29.3 Å². The smallest absolute Gasteiger partial charge is 0.253 e. The molecule has 164 valence electrons. The molecule has 3 aromatic rings. The zero-order valence-corrected chi connectivity index (χ0v) is 19.0. The molecule has 2 aliphatic heterocycles. The Bertz CT molecular complexity index is 1120. The number of hydrogen-bond donors (Lipinski definition) is 0. The number of amides is 1. The molecule has 7 nitrogen and oxygen atoms in total. The first-order valence-corrected chi connectivity index (χ1v) is 12.0. The Morgan fingerprint density at radius 3 is 2.47 bits per heavy atom. The van der Waals surface area contributed by atoms with Crippen molar-refractivity contribution in [2.75, 3.05) is 30.3 Å². The quantitative estimate of drug-likeness (QED) is 0.537. The molecule has 0 saturated carbocycles. The van der Waals surface area contributed by atoms with Crippen molar-refractivity contribution < 1.29 is 4.79 Å². The molecule has 32 heavy (non-hydrogen) atoms. The minimum Gasteiger partial charge on any atom is -0.341 e. The number of rotatable bonds is 6. The van der Waals surface area contributed by atoms with E-state index in [-0.39, 0.29) is 11.7 Å². The summed E-state index contributed by atoms with van der Waals surface area (Å²) in [6, 6.07) is 18.4. The topological polar surface area (TPSA) is 66.6 Å². The van der Waals surface area contributed by atoms with Crippen molar-refractivity contribution in [3.8, 4) is 5.69 Å². The maximum absolute atomic E-state index is 12.9. The highest BCUT2D eigenvalue weighted by molar-refractivity contribution is 7.99. The van der Waals surface area contributed by atoms with E-state index in [0.29, 0.717) is 6.54 Å². The summed E-state index contributed by atoms with van der Waals surface area (Å²) in [6.45, 7) is 4.66. The molecule has 1 amide bonds. The van der Waals surface area contributed by atoms with Gasteiger partial charge in [0.15, 0.2) is 5.16 Å². The largest absolute Gasteiger partial charge is 0.341 e. The predicted molar refractivity (Wildman–Crippen MR) is 128 cm³/mol. The van der Waals surface area contributed by atoms with Gasteiger partial charge in [-0.1, -0.05) is 59.8 Å². The van der Waals surface area contributed by atoms with Crippen molar-refractivity contribution in [2.24, 2.45) is 5.10 Å². The number of aryl methyl sites for hydroxylation is 1. The van der Waals surface area contributed by atoms with E-state index >= 15 is 0 Å². The van der Waals surface area contributed by atoms with Gasteiger partial charge in [-0.2, -0.15) is 5.10 Å². The number of carbonyl (C=O) groups is 1. The predicted octanol–water partition coefficient (Wildman–Crippen LogP) is 3.90. The molecular formula is C24H26N6OS. The van der Waals surface area contributed by atoms with Crippen LogP contribution in [0.2, 0.25) is 0 Å². The molecule has 2 aliphatic rings. The monoisotopic (exact) mass is 446 g/mol. The van der Waals surface area contributed by atoms with Crippen LogP contribution in [-0.2, 0) is 4.79 Å². The number of benzene rings is 2. The van der Waals surface area contributed by atoms with E-state index in [1.807, 2.05) is 30.3 Å². The lowest BCUT2D eigenvalue weighted by atomic mass is 10.1. The molecule has 2 aromatic carbocycles. The fourth-order valence-electron chi connectivity index (χ4n) is 4.07. The van der Waals surface area contributed by atoms with Crippen LogP contribution in [0.3, 0.4) is 0 Å². The van der Waals surface area contributed by atoms with Crippen LogP contribution in [0.15, 0.2) is 64.9 Å². The maximum Gasteiger partial charge on any atom is 0.253 e. The first-order chi connectivity index (χ1) is 15.7. The third kappa shape index (κ3) is 4.27. The second-order valence-electron chi connectivity index (χ2n) is 8.12. The summed E-state index contributed by atoms with van der Waals surface area (Å²) in [7, 11) is 0. The fraction of sp³-hybridized carbons (Fsp3) is 0.333. The summed E-state index contributed by atoms with van der Waals surface area (Å²) in [5.74, 6) is 1.12. The van der Waals surface area contributed by atoms with Gasteiger partial charge in [-0.15, -0.1) is 10.2 Å². The van der Waals surface area contributed by atoms with Crippen LogP contribution in [0.5, 0.6) is 0 Å². The number of hydrogen-bond acceptors (Lipinski definition) is 6. The molecule has 3 heterocycles. The van der Waals surface area contributed by atoms with Gasteiger partial charge in [0.2, 0.25) is 5.95 Å². The van der Waals surface area contributed by atoms with E-state index in [0.717, 1.165) is 47.6 Å². The summed E-state index contributed by atoms with van der Waals surface area (Å²) >= 11 is 1.42. The third-order valence-electron chi connectivity index (χ3n) is 5.82. The molecule has 5 rings (SSSR count). The molecule has 8 heteroatoms. The van der Waals surface area contributed by atoms with Gasteiger partial charge in [0, 0.05) is 19.5 Å². The van der Waals surface area contributed by atoms with Crippen LogP contribution in [0.25, 0.3) is 5.69 Å². The lowest BCUT2D eigenvalue weighted by molar-refractivity contribution is -0.127. The summed E-state index contributed by atoms with van der Waals surface area (Å²) in [6.07, 6.45) is 3.11. The number of thioether (sulfide) groups is 1. The molecule has 1 saturated heterocycles. The van der Waals surface area contributed by atoms with Crippen LogP contribution < -0.4 is 4.90 Å². The lowest BCUT2D eigenvalue weighted by Crippen LogP contribution is -2.25. The summed E-state index contributed by atoms with van der Waals surface area (Å²) < 4.78 is 2.07. The van der Waals surface area contributed by atoms with Gasteiger partial charge in [-0.3, -0.25) is 9.36 Å². The molecule has 0 unspecified atom stereocenters. The van der Waals surface area contributed by atoms with Gasteiger partial charge in [0.1, 0.15) is 0 Å². The third-order valence-corrected chi connectivity index (χ3v) is 6.73. The van der Waals surface area contributed by atoms with Crippen LogP contribution in [0.1, 0.15) is 30.4 Å². The molecule has 0 N–H and O–H groups in total. The standard InChI is InChI=1S/C24H26N6OS/c1-18-9-11-20(12-10-18)30-23(28-14-5-6-15-28)25-26-24(30)32-17-22(31)29-16-13-21(27-29)19-7-3-2-4-8-19/h2-4,7-12H,5-6,13-17H2,1H3. The molecule has 0 atom stereocenters. The zero-order chi connectivity index (χ0) is 21.9. The number of anilines is 1. The van der Waals surface area contributed by atoms with E-state index in [1.54, 1.807) is 5.01 Å². The van der Waals surface area contributed by atoms with Crippen molar-refractivity contribution in [1.82, 2.24) is 19.8 Å². The van der Waals surface area contributed by atoms with Crippen molar-refractivity contribution in [3.05, 3.63) is 65.7 Å². The lowest BCUT2D eigenvalue weighted by Gasteiger charge is -2.18. The maximum atomic E-state index is 12.9. The second-order valence-corrected chi connectivity index (χ2v) is 9.06. The average molecular weight is 447 g/mol. The number of carbonyl (C=O) groups excluding carboxylic acids is 1. The molecule has 1 aromatic heterocycles. The molecular weight excluding hydrogens is 420 g/mol. The van der Waals surface area contributed by atoms with E-state index in [2.05, 4.69) is 56.0 Å². The average Bonchev–Trinajstić information content (AvgIpc) is 3.59. The highest BCUT2D eigenvalue weighted by Crippen LogP contribution is 2.29. The van der Waals surface area contributed by atoms with E-state index < -0.39 is 0 Å². The van der Waals surface area contributed by atoms with Crippen LogP contribution in [-0.4, -0.2) is 56.8 Å². The molecule has 0 aliphatic carbocycles. The minimum absolute atomic E-state index is 0.0119. The van der Waals surface area contributed by atoms with Crippen LogP contribution in [0, 0.1) is 6.92 Å². The Morgan fingerprint density at radius 1 is 0.969 bits per heavy atom. The highest BCUT2D eigenvalue weighted by atomic mass is 32.2. The van der Waals surface area contributed by atoms with E-state index in [4.69, 9.17) is 0 Å². The van der Waals surface area contributed by atoms with E-state index in [1.165, 1.54) is 30.2 Å². The first-order valence-electron chi connectivity index (χ1n) is 11.0. The van der Waals surface area contributed by atoms with Gasteiger partial charge in [0.05, 0.1) is 23.7 Å². The van der Waals surface area contributed by atoms with Crippen LogP contribution >= 0.6 is 11.8 Å². The first kappa shape index (κ1) is 20.8. The number of hydrazone groups is 1. The zero-order valence-electron chi connectivity index (χ0n) is 18.1. The Kier molecular flexibility index (Phi) is 5.94. The Balaban J connectivity index is 1.34. The van der Waals surface area contributed by atoms with Crippen molar-refractivity contribution in [3.63, 3.8) is 0 Å².